The highest BCUT2D eigenvalue weighted by Gasteiger charge is 2.41. The molecule has 2 rings (SSSR count). The molecule has 1 aromatic rings. The molecule has 1 N–H and O–H groups in total. The second-order valence-corrected chi connectivity index (χ2v) is 6.38. The van der Waals surface area contributed by atoms with Gasteiger partial charge < -0.3 is 5.32 Å². The van der Waals surface area contributed by atoms with Gasteiger partial charge in [0.25, 0.3) is 0 Å². The highest BCUT2D eigenvalue weighted by Crippen LogP contribution is 2.48. The van der Waals surface area contributed by atoms with Crippen molar-refractivity contribution in [1.29, 1.82) is 0 Å². The molecule has 1 unspecified atom stereocenters. The maximum atomic E-state index is 6.31. The van der Waals surface area contributed by atoms with Crippen LogP contribution in [0.2, 0.25) is 10.0 Å². The zero-order chi connectivity index (χ0) is 13.2. The lowest BCUT2D eigenvalue weighted by Gasteiger charge is -2.30. The van der Waals surface area contributed by atoms with Crippen molar-refractivity contribution in [3.05, 3.63) is 33.8 Å². The Labute approximate surface area is 120 Å². The fourth-order valence-electron chi connectivity index (χ4n) is 2.66. The molecule has 0 radical (unpaired) electrons. The summed E-state index contributed by atoms with van der Waals surface area (Å²) in [4.78, 5) is 0. The van der Waals surface area contributed by atoms with Crippen LogP contribution in [0.5, 0.6) is 0 Å². The highest BCUT2D eigenvalue weighted by molar-refractivity contribution is 6.42. The minimum atomic E-state index is 0.296. The van der Waals surface area contributed by atoms with E-state index in [0.29, 0.717) is 10.4 Å². The molecule has 0 aromatic heterocycles. The van der Waals surface area contributed by atoms with Crippen molar-refractivity contribution < 1.29 is 0 Å². The Bertz CT molecular complexity index is 415. The van der Waals surface area contributed by atoms with Crippen LogP contribution in [0.15, 0.2) is 18.2 Å². The van der Waals surface area contributed by atoms with Gasteiger partial charge in [-0.1, -0.05) is 49.2 Å². The van der Waals surface area contributed by atoms with Crippen molar-refractivity contribution in [1.82, 2.24) is 5.32 Å². The molecule has 0 bridgehead atoms. The van der Waals surface area contributed by atoms with Gasteiger partial charge in [0.2, 0.25) is 0 Å². The molecule has 0 saturated heterocycles. The maximum Gasteiger partial charge on any atom is 0.0624 e. The van der Waals surface area contributed by atoms with Crippen molar-refractivity contribution >= 4 is 23.2 Å². The second-order valence-electron chi connectivity index (χ2n) is 5.60. The van der Waals surface area contributed by atoms with Crippen LogP contribution in [0.25, 0.3) is 0 Å². The predicted octanol–water partition coefficient (Wildman–Crippen LogP) is 4.56. The lowest BCUT2D eigenvalue weighted by molar-refractivity contribution is 0.258. The summed E-state index contributed by atoms with van der Waals surface area (Å²) >= 11 is 12.4. The zero-order valence-electron chi connectivity index (χ0n) is 11.1. The Balaban J connectivity index is 2.15. The summed E-state index contributed by atoms with van der Waals surface area (Å²) in [5, 5.41) is 4.88. The molecule has 1 aromatic carbocycles. The van der Waals surface area contributed by atoms with Crippen LogP contribution in [0.3, 0.4) is 0 Å². The lowest BCUT2D eigenvalue weighted by Crippen LogP contribution is -2.35. The number of hydrogen-bond acceptors (Lipinski definition) is 1. The molecule has 1 fully saturated rings. The number of rotatable bonds is 6. The normalized spacial score (nSPS) is 18.7. The fourth-order valence-corrected chi connectivity index (χ4v) is 3.05. The van der Waals surface area contributed by atoms with Crippen LogP contribution in [-0.4, -0.2) is 13.1 Å². The third kappa shape index (κ3) is 3.20. The maximum absolute atomic E-state index is 6.31. The first kappa shape index (κ1) is 14.2. The molecule has 18 heavy (non-hydrogen) atoms. The standard InChI is InChI=1S/C15H21Cl2N/c1-3-18-10-15(2,12-7-8-12)9-11-5-4-6-13(16)14(11)17/h4-6,12,18H,3,7-10H2,1-2H3. The average molecular weight is 286 g/mol. The summed E-state index contributed by atoms with van der Waals surface area (Å²) in [7, 11) is 0. The SMILES string of the molecule is CCNCC(C)(Cc1cccc(Cl)c1Cl)C1CC1. The van der Waals surface area contributed by atoms with Crippen LogP contribution >= 0.6 is 23.2 Å². The van der Waals surface area contributed by atoms with Crippen LogP contribution in [0.4, 0.5) is 0 Å². The number of halogens is 2. The van der Waals surface area contributed by atoms with Crippen LogP contribution in [0.1, 0.15) is 32.3 Å². The topological polar surface area (TPSA) is 12.0 Å². The molecule has 1 saturated carbocycles. The van der Waals surface area contributed by atoms with Crippen molar-refractivity contribution in [2.75, 3.05) is 13.1 Å². The summed E-state index contributed by atoms with van der Waals surface area (Å²) in [6.07, 6.45) is 3.70. The lowest BCUT2D eigenvalue weighted by atomic mass is 9.79. The summed E-state index contributed by atoms with van der Waals surface area (Å²) in [5.41, 5.74) is 1.47. The predicted molar refractivity (Wildman–Crippen MR) is 79.5 cm³/mol. The van der Waals surface area contributed by atoms with E-state index in [1.165, 1.54) is 18.4 Å². The third-order valence-electron chi connectivity index (χ3n) is 3.97. The van der Waals surface area contributed by atoms with Crippen LogP contribution in [-0.2, 0) is 6.42 Å². The molecule has 0 aliphatic heterocycles. The molecular formula is C15H21Cl2N. The largest absolute Gasteiger partial charge is 0.316 e. The summed E-state index contributed by atoms with van der Waals surface area (Å²) < 4.78 is 0. The first-order valence-corrected chi connectivity index (χ1v) is 7.46. The Morgan fingerprint density at radius 2 is 2.06 bits per heavy atom. The van der Waals surface area contributed by atoms with Crippen molar-refractivity contribution in [2.24, 2.45) is 11.3 Å². The molecule has 0 amide bonds. The summed E-state index contributed by atoms with van der Waals surface area (Å²) in [5.74, 6) is 0.826. The van der Waals surface area contributed by atoms with E-state index in [0.717, 1.165) is 30.5 Å². The highest BCUT2D eigenvalue weighted by atomic mass is 35.5. The molecular weight excluding hydrogens is 265 g/mol. The zero-order valence-corrected chi connectivity index (χ0v) is 12.6. The number of hydrogen-bond donors (Lipinski definition) is 1. The summed E-state index contributed by atoms with van der Waals surface area (Å²) in [6, 6.07) is 5.94. The number of benzene rings is 1. The Kier molecular flexibility index (Phi) is 4.58. The molecule has 1 nitrogen and oxygen atoms in total. The van der Waals surface area contributed by atoms with E-state index in [-0.39, 0.29) is 0 Å². The van der Waals surface area contributed by atoms with Gasteiger partial charge in [-0.2, -0.15) is 0 Å². The Hall–Kier alpha value is -0.240. The second kappa shape index (κ2) is 5.81. The van der Waals surface area contributed by atoms with Gasteiger partial charge in [-0.25, -0.2) is 0 Å². The quantitative estimate of drug-likeness (QED) is 0.808. The minimum Gasteiger partial charge on any atom is -0.316 e. The van der Waals surface area contributed by atoms with E-state index < -0.39 is 0 Å². The van der Waals surface area contributed by atoms with E-state index in [4.69, 9.17) is 23.2 Å². The third-order valence-corrected chi connectivity index (χ3v) is 4.83. The Morgan fingerprint density at radius 3 is 2.67 bits per heavy atom. The van der Waals surface area contributed by atoms with Gasteiger partial charge >= 0.3 is 0 Å². The minimum absolute atomic E-state index is 0.296. The van der Waals surface area contributed by atoms with Crippen LogP contribution < -0.4 is 5.32 Å². The van der Waals surface area contributed by atoms with Gasteiger partial charge in [0.15, 0.2) is 0 Å². The van der Waals surface area contributed by atoms with Gasteiger partial charge in [-0.15, -0.1) is 0 Å². The van der Waals surface area contributed by atoms with Gasteiger partial charge in [0.05, 0.1) is 10.0 Å². The first-order valence-electron chi connectivity index (χ1n) is 6.70. The molecule has 0 heterocycles. The molecule has 100 valence electrons. The molecule has 0 spiro atoms. The monoisotopic (exact) mass is 285 g/mol. The van der Waals surface area contributed by atoms with Gasteiger partial charge in [-0.3, -0.25) is 0 Å². The molecule has 1 atom stereocenters. The van der Waals surface area contributed by atoms with E-state index >= 15 is 0 Å². The van der Waals surface area contributed by atoms with Gasteiger partial charge in [0, 0.05) is 6.54 Å². The van der Waals surface area contributed by atoms with E-state index in [1.54, 1.807) is 0 Å². The first-order chi connectivity index (χ1) is 8.57. The van der Waals surface area contributed by atoms with Crippen LogP contribution in [0, 0.1) is 11.3 Å². The van der Waals surface area contributed by atoms with Gasteiger partial charge in [0.1, 0.15) is 0 Å². The van der Waals surface area contributed by atoms with E-state index in [9.17, 15) is 0 Å². The fraction of sp³-hybridized carbons (Fsp3) is 0.600. The van der Waals surface area contributed by atoms with E-state index in [1.807, 2.05) is 12.1 Å². The molecule has 1 aliphatic rings. The Morgan fingerprint density at radius 1 is 1.33 bits per heavy atom. The van der Waals surface area contributed by atoms with Crippen molar-refractivity contribution in [3.63, 3.8) is 0 Å². The number of nitrogens with one attached hydrogen (secondary N) is 1. The van der Waals surface area contributed by atoms with Crippen molar-refractivity contribution in [3.8, 4) is 0 Å². The summed E-state index contributed by atoms with van der Waals surface area (Å²) in [6.45, 7) is 6.59. The van der Waals surface area contributed by atoms with Gasteiger partial charge in [-0.05, 0) is 48.8 Å². The molecule has 3 heteroatoms. The smallest absolute Gasteiger partial charge is 0.0624 e. The van der Waals surface area contributed by atoms with E-state index in [2.05, 4.69) is 25.2 Å². The molecule has 1 aliphatic carbocycles. The average Bonchev–Trinajstić information content (AvgIpc) is 3.17. The van der Waals surface area contributed by atoms with Crippen molar-refractivity contribution in [2.45, 2.75) is 33.1 Å².